The normalized spacial score (nSPS) is 15.7. The number of hydrogen-bond donors (Lipinski definition) is 2. The van der Waals surface area contributed by atoms with Crippen LogP contribution in [0.25, 0.3) is 0 Å². The molecule has 0 aromatic rings. The van der Waals surface area contributed by atoms with Gasteiger partial charge in [-0.05, 0) is 53.6 Å². The van der Waals surface area contributed by atoms with Gasteiger partial charge < -0.3 is 16.4 Å². The molecule has 0 spiro atoms. The summed E-state index contributed by atoms with van der Waals surface area (Å²) in [6.07, 6.45) is 2.65. The summed E-state index contributed by atoms with van der Waals surface area (Å²) in [7, 11) is 2.10. The van der Waals surface area contributed by atoms with Gasteiger partial charge in [-0.15, -0.1) is 0 Å². The molecule has 1 atom stereocenters. The third-order valence-corrected chi connectivity index (χ3v) is 2.90. The van der Waals surface area contributed by atoms with Gasteiger partial charge in [-0.1, -0.05) is 0 Å². The summed E-state index contributed by atoms with van der Waals surface area (Å²) in [5.41, 5.74) is 10.1. The lowest BCUT2D eigenvalue weighted by Crippen LogP contribution is -2.49. The number of hydrogen-bond acceptors (Lipinski definition) is 3. The monoisotopic (exact) mass is 215 g/mol. The van der Waals surface area contributed by atoms with Crippen LogP contribution in [-0.2, 0) is 4.79 Å². The number of primary amides is 1. The lowest BCUT2D eigenvalue weighted by atomic mass is 9.95. The van der Waals surface area contributed by atoms with Crippen LogP contribution in [0.15, 0.2) is 0 Å². The highest BCUT2D eigenvalue weighted by Crippen LogP contribution is 2.10. The van der Waals surface area contributed by atoms with Crippen LogP contribution < -0.4 is 11.5 Å². The lowest BCUT2D eigenvalue weighted by Gasteiger charge is -2.23. The average molecular weight is 215 g/mol. The maximum atomic E-state index is 10.9. The maximum Gasteiger partial charge on any atom is 0.237 e. The minimum atomic E-state index is -0.851. The van der Waals surface area contributed by atoms with Crippen molar-refractivity contribution in [1.82, 2.24) is 4.90 Å². The van der Waals surface area contributed by atoms with E-state index in [9.17, 15) is 4.79 Å². The van der Waals surface area contributed by atoms with E-state index in [0.717, 1.165) is 19.4 Å². The molecule has 0 aromatic heterocycles. The van der Waals surface area contributed by atoms with Gasteiger partial charge in [-0.2, -0.15) is 0 Å². The second-order valence-electron chi connectivity index (χ2n) is 4.81. The van der Waals surface area contributed by atoms with Crippen LogP contribution in [0.5, 0.6) is 0 Å². The van der Waals surface area contributed by atoms with Crippen LogP contribution in [0.2, 0.25) is 0 Å². The first kappa shape index (κ1) is 14.4. The molecule has 0 aliphatic heterocycles. The summed E-state index contributed by atoms with van der Waals surface area (Å²) < 4.78 is 0. The Bertz CT molecular complexity index is 202. The highest BCUT2D eigenvalue weighted by atomic mass is 16.1. The summed E-state index contributed by atoms with van der Waals surface area (Å²) in [6, 6.07) is 0.561. The van der Waals surface area contributed by atoms with E-state index in [1.165, 1.54) is 0 Å². The van der Waals surface area contributed by atoms with Crippen molar-refractivity contribution in [3.8, 4) is 0 Å². The number of carbonyl (C=O) groups excluding carboxylic acids is 1. The second kappa shape index (κ2) is 6.08. The van der Waals surface area contributed by atoms with Gasteiger partial charge in [0.05, 0.1) is 5.54 Å². The number of amides is 1. The molecule has 0 heterocycles. The van der Waals surface area contributed by atoms with Crippen LogP contribution >= 0.6 is 0 Å². The van der Waals surface area contributed by atoms with Gasteiger partial charge in [0.2, 0.25) is 5.91 Å². The summed E-state index contributed by atoms with van der Waals surface area (Å²) in [5, 5.41) is 0. The smallest absolute Gasteiger partial charge is 0.237 e. The number of unbranched alkanes of at least 4 members (excludes halogenated alkanes) is 1. The number of nitrogens with two attached hydrogens (primary N) is 2. The summed E-state index contributed by atoms with van der Waals surface area (Å²) in [4.78, 5) is 13.2. The fourth-order valence-corrected chi connectivity index (χ4v) is 1.23. The Morgan fingerprint density at radius 2 is 1.93 bits per heavy atom. The van der Waals surface area contributed by atoms with Crippen molar-refractivity contribution in [3.63, 3.8) is 0 Å². The zero-order valence-corrected chi connectivity index (χ0v) is 10.4. The van der Waals surface area contributed by atoms with E-state index in [-0.39, 0.29) is 0 Å². The molecule has 4 N–H and O–H groups in total. The molecule has 0 aliphatic carbocycles. The zero-order chi connectivity index (χ0) is 12.1. The standard InChI is InChI=1S/C11H25N3O/c1-9(2)14(4)8-6-5-7-11(3,13)10(12)15/h9H,5-8,13H2,1-4H3,(H2,12,15). The van der Waals surface area contributed by atoms with Crippen LogP contribution in [0, 0.1) is 0 Å². The number of rotatable bonds is 7. The Kier molecular flexibility index (Phi) is 5.83. The Balaban J connectivity index is 3.68. The quantitative estimate of drug-likeness (QED) is 0.614. The molecule has 1 amide bonds. The third kappa shape index (κ3) is 5.74. The minimum absolute atomic E-state index is 0.417. The fourth-order valence-electron chi connectivity index (χ4n) is 1.23. The summed E-state index contributed by atoms with van der Waals surface area (Å²) in [6.45, 7) is 7.06. The molecule has 0 radical (unpaired) electrons. The van der Waals surface area contributed by atoms with Crippen LogP contribution in [0.1, 0.15) is 40.0 Å². The van der Waals surface area contributed by atoms with E-state index < -0.39 is 11.4 Å². The molecule has 4 nitrogen and oxygen atoms in total. The predicted octanol–water partition coefficient (Wildman–Crippen LogP) is 0.700. The molecule has 0 rings (SSSR count). The van der Waals surface area contributed by atoms with E-state index in [4.69, 9.17) is 11.5 Å². The van der Waals surface area contributed by atoms with Gasteiger partial charge in [0, 0.05) is 6.04 Å². The SMILES string of the molecule is CC(C)N(C)CCCCC(C)(N)C(N)=O. The first-order valence-electron chi connectivity index (χ1n) is 5.56. The van der Waals surface area contributed by atoms with Crippen molar-refractivity contribution in [2.75, 3.05) is 13.6 Å². The van der Waals surface area contributed by atoms with E-state index >= 15 is 0 Å². The van der Waals surface area contributed by atoms with Gasteiger partial charge in [0.25, 0.3) is 0 Å². The average Bonchev–Trinajstić information content (AvgIpc) is 2.11. The molecule has 0 fully saturated rings. The Morgan fingerprint density at radius 1 is 1.40 bits per heavy atom. The molecule has 0 bridgehead atoms. The highest BCUT2D eigenvalue weighted by Gasteiger charge is 2.24. The largest absolute Gasteiger partial charge is 0.368 e. The van der Waals surface area contributed by atoms with Crippen molar-refractivity contribution < 1.29 is 4.79 Å². The van der Waals surface area contributed by atoms with Crippen LogP contribution in [0.3, 0.4) is 0 Å². The van der Waals surface area contributed by atoms with Gasteiger partial charge in [-0.25, -0.2) is 0 Å². The Labute approximate surface area is 93.0 Å². The summed E-state index contributed by atoms with van der Waals surface area (Å²) >= 11 is 0. The van der Waals surface area contributed by atoms with Crippen molar-refractivity contribution >= 4 is 5.91 Å². The van der Waals surface area contributed by atoms with Crippen LogP contribution in [0.4, 0.5) is 0 Å². The molecule has 4 heteroatoms. The van der Waals surface area contributed by atoms with Crippen molar-refractivity contribution in [3.05, 3.63) is 0 Å². The van der Waals surface area contributed by atoms with E-state index in [2.05, 4.69) is 25.8 Å². The van der Waals surface area contributed by atoms with Gasteiger partial charge in [0.15, 0.2) is 0 Å². The van der Waals surface area contributed by atoms with E-state index in [0.29, 0.717) is 12.5 Å². The Hall–Kier alpha value is -0.610. The van der Waals surface area contributed by atoms with Crippen molar-refractivity contribution in [2.45, 2.75) is 51.6 Å². The van der Waals surface area contributed by atoms with Crippen LogP contribution in [-0.4, -0.2) is 36.0 Å². The molecule has 15 heavy (non-hydrogen) atoms. The molecule has 1 unspecified atom stereocenters. The lowest BCUT2D eigenvalue weighted by molar-refractivity contribution is -0.122. The highest BCUT2D eigenvalue weighted by molar-refractivity contribution is 5.83. The summed E-state index contributed by atoms with van der Waals surface area (Å²) in [5.74, 6) is -0.417. The minimum Gasteiger partial charge on any atom is -0.368 e. The third-order valence-electron chi connectivity index (χ3n) is 2.90. The fraction of sp³-hybridized carbons (Fsp3) is 0.909. The van der Waals surface area contributed by atoms with E-state index in [1.807, 2.05) is 0 Å². The Morgan fingerprint density at radius 3 is 2.33 bits per heavy atom. The van der Waals surface area contributed by atoms with E-state index in [1.54, 1.807) is 6.92 Å². The number of nitrogens with zero attached hydrogens (tertiary/aromatic N) is 1. The molecule has 0 saturated carbocycles. The maximum absolute atomic E-state index is 10.9. The topological polar surface area (TPSA) is 72.3 Å². The van der Waals surface area contributed by atoms with Gasteiger partial charge in [-0.3, -0.25) is 4.79 Å². The van der Waals surface area contributed by atoms with Crippen molar-refractivity contribution in [1.29, 1.82) is 0 Å². The first-order chi connectivity index (χ1) is 6.77. The molecule has 0 aliphatic rings. The first-order valence-corrected chi connectivity index (χ1v) is 5.56. The molecular weight excluding hydrogens is 190 g/mol. The molecular formula is C11H25N3O. The molecule has 0 aromatic carbocycles. The van der Waals surface area contributed by atoms with Gasteiger partial charge >= 0.3 is 0 Å². The predicted molar refractivity (Wildman–Crippen MR) is 63.4 cm³/mol. The molecule has 90 valence electrons. The molecule has 0 saturated heterocycles. The van der Waals surface area contributed by atoms with Crippen molar-refractivity contribution in [2.24, 2.45) is 11.5 Å². The zero-order valence-electron chi connectivity index (χ0n) is 10.4. The number of carbonyl (C=O) groups is 1. The second-order valence-corrected chi connectivity index (χ2v) is 4.81. The van der Waals surface area contributed by atoms with Gasteiger partial charge in [0.1, 0.15) is 0 Å².